The number of carbonyl (C=O) groups excluding carboxylic acids is 1. The summed E-state index contributed by atoms with van der Waals surface area (Å²) in [6.45, 7) is 5.97. The van der Waals surface area contributed by atoms with E-state index < -0.39 is 11.8 Å². The zero-order valence-electron chi connectivity index (χ0n) is 20.4. The van der Waals surface area contributed by atoms with Gasteiger partial charge in [-0.15, -0.1) is 0 Å². The zero-order valence-corrected chi connectivity index (χ0v) is 20.4. The first kappa shape index (κ1) is 24.5. The van der Waals surface area contributed by atoms with E-state index in [1.165, 1.54) is 6.33 Å². The number of fused-ring (bicyclic) bond motifs is 1. The molecule has 0 saturated carbocycles. The summed E-state index contributed by atoms with van der Waals surface area (Å²) in [6, 6.07) is 7.82. The highest BCUT2D eigenvalue weighted by molar-refractivity contribution is 5.99. The van der Waals surface area contributed by atoms with Crippen LogP contribution in [0.5, 0.6) is 6.01 Å². The van der Waals surface area contributed by atoms with Gasteiger partial charge in [0, 0.05) is 41.2 Å². The summed E-state index contributed by atoms with van der Waals surface area (Å²) in [5.41, 5.74) is 18.3. The summed E-state index contributed by atoms with van der Waals surface area (Å²) >= 11 is 0. The van der Waals surface area contributed by atoms with Crippen LogP contribution in [0.3, 0.4) is 0 Å². The van der Waals surface area contributed by atoms with Gasteiger partial charge in [-0.1, -0.05) is 6.07 Å². The van der Waals surface area contributed by atoms with Crippen molar-refractivity contribution in [3.63, 3.8) is 0 Å². The molecule has 0 spiro atoms. The molecule has 1 aromatic carbocycles. The second-order valence-electron chi connectivity index (χ2n) is 8.43. The maximum absolute atomic E-state index is 12.0. The number of allylic oxidation sites excluding steroid dienone is 3. The Balaban J connectivity index is 1.69. The maximum atomic E-state index is 12.0. The molecule has 0 aliphatic heterocycles. The lowest BCUT2D eigenvalue weighted by Crippen LogP contribution is -2.26. The number of nitrogens with zero attached hydrogens (tertiary/aromatic N) is 5. The van der Waals surface area contributed by atoms with Crippen LogP contribution in [0.15, 0.2) is 61.0 Å². The fraction of sp³-hybridized carbons (Fsp3) is 0.231. The first-order valence-corrected chi connectivity index (χ1v) is 11.5. The zero-order chi connectivity index (χ0) is 25.7. The number of hydrogen-bond donors (Lipinski definition) is 3. The minimum absolute atomic E-state index is 0.256. The topological polar surface area (TPSA) is 159 Å². The van der Waals surface area contributed by atoms with Crippen LogP contribution < -0.4 is 16.2 Å². The molecule has 1 amide bonds. The van der Waals surface area contributed by atoms with Crippen molar-refractivity contribution >= 4 is 28.0 Å². The van der Waals surface area contributed by atoms with Gasteiger partial charge in [0.1, 0.15) is 6.33 Å². The van der Waals surface area contributed by atoms with E-state index in [0.717, 1.165) is 33.3 Å². The van der Waals surface area contributed by atoms with Crippen molar-refractivity contribution in [1.29, 1.82) is 0 Å². The molecule has 36 heavy (non-hydrogen) atoms. The molecule has 3 aromatic heterocycles. The smallest absolute Gasteiger partial charge is 0.316 e. The molecule has 0 saturated heterocycles. The molecule has 10 nitrogen and oxygen atoms in total. The SMILES string of the molecule is C/C(=C\C(=C(\N)C(C)C(N)=O)c1c(C)ccc2[nH]ncc12)c1ccnc(OCCc2ccncn2)n1. The van der Waals surface area contributed by atoms with Crippen molar-refractivity contribution in [3.8, 4) is 6.01 Å². The summed E-state index contributed by atoms with van der Waals surface area (Å²) in [5.74, 6) is -1.17. The van der Waals surface area contributed by atoms with Gasteiger partial charge in [-0.3, -0.25) is 9.89 Å². The molecule has 5 N–H and O–H groups in total. The van der Waals surface area contributed by atoms with Crippen LogP contribution in [-0.4, -0.2) is 42.6 Å². The number of hydrogen-bond acceptors (Lipinski definition) is 8. The highest BCUT2D eigenvalue weighted by Gasteiger charge is 2.20. The van der Waals surface area contributed by atoms with Gasteiger partial charge in [-0.25, -0.2) is 15.0 Å². The van der Waals surface area contributed by atoms with Crippen LogP contribution in [0, 0.1) is 12.8 Å². The van der Waals surface area contributed by atoms with Gasteiger partial charge in [0.15, 0.2) is 0 Å². The molecule has 1 atom stereocenters. The third-order valence-corrected chi connectivity index (χ3v) is 5.94. The lowest BCUT2D eigenvalue weighted by atomic mass is 9.90. The third-order valence-electron chi connectivity index (χ3n) is 5.94. The molecule has 10 heteroatoms. The van der Waals surface area contributed by atoms with Crippen molar-refractivity contribution in [1.82, 2.24) is 30.1 Å². The lowest BCUT2D eigenvalue weighted by Gasteiger charge is -2.17. The minimum atomic E-state index is -0.670. The van der Waals surface area contributed by atoms with E-state index in [-0.39, 0.29) is 6.01 Å². The number of aromatic amines is 1. The van der Waals surface area contributed by atoms with Crippen LogP contribution in [0.25, 0.3) is 22.0 Å². The molecule has 1 unspecified atom stereocenters. The Morgan fingerprint density at radius 3 is 2.75 bits per heavy atom. The normalized spacial score (nSPS) is 13.4. The number of ether oxygens (including phenoxy) is 1. The number of H-pyrrole nitrogens is 1. The maximum Gasteiger partial charge on any atom is 0.316 e. The van der Waals surface area contributed by atoms with E-state index in [1.807, 2.05) is 38.1 Å². The quantitative estimate of drug-likeness (QED) is 0.306. The van der Waals surface area contributed by atoms with Crippen molar-refractivity contribution in [2.24, 2.45) is 17.4 Å². The largest absolute Gasteiger partial charge is 0.463 e. The van der Waals surface area contributed by atoms with Crippen LogP contribution >= 0.6 is 0 Å². The summed E-state index contributed by atoms with van der Waals surface area (Å²) in [7, 11) is 0. The highest BCUT2D eigenvalue weighted by atomic mass is 16.5. The van der Waals surface area contributed by atoms with Gasteiger partial charge >= 0.3 is 6.01 Å². The molecule has 4 aromatic rings. The Kier molecular flexibility index (Phi) is 7.33. The predicted molar refractivity (Wildman–Crippen MR) is 137 cm³/mol. The monoisotopic (exact) mass is 484 g/mol. The van der Waals surface area contributed by atoms with Crippen molar-refractivity contribution in [2.75, 3.05) is 6.61 Å². The highest BCUT2D eigenvalue weighted by Crippen LogP contribution is 2.33. The van der Waals surface area contributed by atoms with Crippen molar-refractivity contribution in [3.05, 3.63) is 83.5 Å². The Morgan fingerprint density at radius 2 is 2.00 bits per heavy atom. The fourth-order valence-electron chi connectivity index (χ4n) is 3.80. The van der Waals surface area contributed by atoms with Gasteiger partial charge in [-0.2, -0.15) is 10.1 Å². The van der Waals surface area contributed by atoms with Gasteiger partial charge in [0.05, 0.1) is 29.9 Å². The molecule has 3 heterocycles. The van der Waals surface area contributed by atoms with Crippen molar-refractivity contribution < 1.29 is 9.53 Å². The summed E-state index contributed by atoms with van der Waals surface area (Å²) in [6.07, 6.45) is 9.10. The van der Waals surface area contributed by atoms with E-state index in [9.17, 15) is 4.79 Å². The summed E-state index contributed by atoms with van der Waals surface area (Å²) < 4.78 is 5.75. The number of amides is 1. The van der Waals surface area contributed by atoms with E-state index >= 15 is 0 Å². The Labute approximate surface area is 208 Å². The standard InChI is InChI=1S/C26H28N8O2/c1-15-4-5-22-20(13-32-34-22)23(15)19(24(27)17(3)25(28)35)12-16(2)21-7-10-30-26(33-21)36-11-8-18-6-9-29-14-31-18/h4-7,9-10,12-14,17H,8,11,27H2,1-3H3,(H2,28,35)(H,32,34)/b16-12+,24-19-. The lowest BCUT2D eigenvalue weighted by molar-refractivity contribution is -0.120. The molecule has 0 aliphatic carbocycles. The number of primary amides is 1. The van der Waals surface area contributed by atoms with E-state index in [2.05, 4.69) is 30.1 Å². The van der Waals surface area contributed by atoms with Crippen LogP contribution in [-0.2, 0) is 11.2 Å². The molecule has 0 fully saturated rings. The number of carbonyl (C=O) groups is 1. The van der Waals surface area contributed by atoms with Crippen LogP contribution in [0.1, 0.15) is 36.4 Å². The Hall–Kier alpha value is -4.60. The average Bonchev–Trinajstić information content (AvgIpc) is 3.36. The fourth-order valence-corrected chi connectivity index (χ4v) is 3.80. The molecule has 0 bridgehead atoms. The Morgan fingerprint density at radius 1 is 1.17 bits per heavy atom. The molecular formula is C26H28N8O2. The van der Waals surface area contributed by atoms with E-state index in [1.54, 1.807) is 31.6 Å². The number of rotatable bonds is 9. The summed E-state index contributed by atoms with van der Waals surface area (Å²) in [4.78, 5) is 28.9. The second-order valence-corrected chi connectivity index (χ2v) is 8.43. The van der Waals surface area contributed by atoms with Crippen LogP contribution in [0.4, 0.5) is 0 Å². The number of nitrogens with one attached hydrogen (secondary N) is 1. The number of aromatic nitrogens is 6. The molecule has 184 valence electrons. The van der Waals surface area contributed by atoms with Gasteiger partial charge in [0.25, 0.3) is 0 Å². The predicted octanol–water partition coefficient (Wildman–Crippen LogP) is 2.97. The van der Waals surface area contributed by atoms with Crippen molar-refractivity contribution in [2.45, 2.75) is 27.2 Å². The number of aryl methyl sites for hydroxylation is 1. The number of benzene rings is 1. The minimum Gasteiger partial charge on any atom is -0.463 e. The first-order chi connectivity index (χ1) is 17.3. The molecule has 4 rings (SSSR count). The second kappa shape index (κ2) is 10.8. The van der Waals surface area contributed by atoms with Gasteiger partial charge in [-0.05, 0) is 61.7 Å². The van der Waals surface area contributed by atoms with Gasteiger partial charge in [0.2, 0.25) is 5.91 Å². The van der Waals surface area contributed by atoms with E-state index in [0.29, 0.717) is 30.0 Å². The molecular weight excluding hydrogens is 456 g/mol. The average molecular weight is 485 g/mol. The van der Waals surface area contributed by atoms with E-state index in [4.69, 9.17) is 16.2 Å². The first-order valence-electron chi connectivity index (χ1n) is 11.5. The summed E-state index contributed by atoms with van der Waals surface area (Å²) in [5, 5.41) is 8.06. The number of nitrogens with two attached hydrogens (primary N) is 2. The van der Waals surface area contributed by atoms with Gasteiger partial charge < -0.3 is 16.2 Å². The molecule has 0 radical (unpaired) electrons. The Bertz CT molecular complexity index is 1440. The molecule has 0 aliphatic rings. The van der Waals surface area contributed by atoms with Crippen LogP contribution in [0.2, 0.25) is 0 Å². The third kappa shape index (κ3) is 5.38.